The Kier molecular flexibility index (Phi) is 5.00. The van der Waals surface area contributed by atoms with E-state index in [1.165, 1.54) is 17.8 Å². The zero-order valence-electron chi connectivity index (χ0n) is 12.0. The smallest absolute Gasteiger partial charge is 0.131 e. The number of rotatable bonds is 6. The molecule has 0 bridgehead atoms. The average molecular weight is 238 g/mol. The number of aromatic nitrogens is 2. The first-order valence-electron chi connectivity index (χ1n) is 6.39. The predicted octanol–water partition coefficient (Wildman–Crippen LogP) is 1.93. The van der Waals surface area contributed by atoms with Crippen LogP contribution >= 0.6 is 0 Å². The lowest BCUT2D eigenvalue weighted by Gasteiger charge is -2.24. The van der Waals surface area contributed by atoms with Crippen LogP contribution in [-0.4, -0.2) is 30.4 Å². The van der Waals surface area contributed by atoms with Crippen molar-refractivity contribution in [3.63, 3.8) is 0 Å². The normalized spacial score (nSPS) is 12.8. The topological polar surface area (TPSA) is 33.1 Å². The number of aryl methyl sites for hydroxylation is 2. The standard InChI is InChI=1S/C13H26N4/c1-7-10(2)9-16(5)13-12(8-14-4)11(3)15-17(13)6/h10,14H,7-9H2,1-6H3. The molecule has 0 radical (unpaired) electrons. The minimum absolute atomic E-state index is 0.706. The van der Waals surface area contributed by atoms with Gasteiger partial charge in [-0.2, -0.15) is 5.10 Å². The van der Waals surface area contributed by atoms with Gasteiger partial charge in [0.2, 0.25) is 0 Å². The van der Waals surface area contributed by atoms with Gasteiger partial charge in [-0.25, -0.2) is 0 Å². The van der Waals surface area contributed by atoms with E-state index in [0.717, 1.165) is 18.8 Å². The molecule has 1 aromatic heterocycles. The molecule has 1 aromatic rings. The monoisotopic (exact) mass is 238 g/mol. The third kappa shape index (κ3) is 3.22. The Hall–Kier alpha value is -1.03. The zero-order valence-corrected chi connectivity index (χ0v) is 12.0. The summed E-state index contributed by atoms with van der Waals surface area (Å²) in [6.07, 6.45) is 1.21. The van der Waals surface area contributed by atoms with Crippen molar-refractivity contribution in [2.45, 2.75) is 33.7 Å². The van der Waals surface area contributed by atoms with Crippen LogP contribution in [0.1, 0.15) is 31.5 Å². The summed E-state index contributed by atoms with van der Waals surface area (Å²) in [5.41, 5.74) is 2.42. The van der Waals surface area contributed by atoms with Crippen LogP contribution in [0.2, 0.25) is 0 Å². The summed E-state index contributed by atoms with van der Waals surface area (Å²) in [6.45, 7) is 8.55. The van der Waals surface area contributed by atoms with Gasteiger partial charge in [0.15, 0.2) is 0 Å². The maximum atomic E-state index is 4.52. The average Bonchev–Trinajstić information content (AvgIpc) is 2.54. The van der Waals surface area contributed by atoms with Crippen LogP contribution in [-0.2, 0) is 13.6 Å². The molecule has 0 aromatic carbocycles. The molecule has 1 unspecified atom stereocenters. The molecule has 4 nitrogen and oxygen atoms in total. The van der Waals surface area contributed by atoms with Crippen LogP contribution in [0.15, 0.2) is 0 Å². The molecule has 17 heavy (non-hydrogen) atoms. The maximum Gasteiger partial charge on any atom is 0.131 e. The Morgan fingerprint density at radius 1 is 1.47 bits per heavy atom. The van der Waals surface area contributed by atoms with Crippen molar-refractivity contribution in [3.05, 3.63) is 11.3 Å². The lowest BCUT2D eigenvalue weighted by molar-refractivity contribution is 0.550. The van der Waals surface area contributed by atoms with E-state index in [9.17, 15) is 0 Å². The number of anilines is 1. The Balaban J connectivity index is 2.94. The molecule has 0 saturated heterocycles. The molecular weight excluding hydrogens is 212 g/mol. The third-order valence-corrected chi connectivity index (χ3v) is 3.31. The van der Waals surface area contributed by atoms with Crippen LogP contribution in [0.3, 0.4) is 0 Å². The molecule has 1 N–H and O–H groups in total. The minimum Gasteiger partial charge on any atom is -0.359 e. The number of nitrogens with zero attached hydrogens (tertiary/aromatic N) is 3. The molecule has 98 valence electrons. The molecule has 1 heterocycles. The summed E-state index contributed by atoms with van der Waals surface area (Å²) < 4.78 is 1.99. The van der Waals surface area contributed by atoms with Gasteiger partial charge < -0.3 is 10.2 Å². The Morgan fingerprint density at radius 2 is 2.12 bits per heavy atom. The first-order valence-corrected chi connectivity index (χ1v) is 6.39. The van der Waals surface area contributed by atoms with Crippen molar-refractivity contribution >= 4 is 5.82 Å². The van der Waals surface area contributed by atoms with E-state index >= 15 is 0 Å². The van der Waals surface area contributed by atoms with Crippen molar-refractivity contribution in [1.29, 1.82) is 0 Å². The highest BCUT2D eigenvalue weighted by Gasteiger charge is 2.17. The van der Waals surface area contributed by atoms with Crippen molar-refractivity contribution in [2.24, 2.45) is 13.0 Å². The summed E-state index contributed by atoms with van der Waals surface area (Å²) in [7, 11) is 6.15. The fourth-order valence-corrected chi connectivity index (χ4v) is 2.23. The van der Waals surface area contributed by atoms with Crippen LogP contribution in [0.5, 0.6) is 0 Å². The SMILES string of the molecule is CCC(C)CN(C)c1c(CNC)c(C)nn1C. The lowest BCUT2D eigenvalue weighted by atomic mass is 10.1. The van der Waals surface area contributed by atoms with Gasteiger partial charge in [0.25, 0.3) is 0 Å². The molecule has 0 spiro atoms. The highest BCUT2D eigenvalue weighted by atomic mass is 15.4. The van der Waals surface area contributed by atoms with Crippen molar-refractivity contribution < 1.29 is 0 Å². The zero-order chi connectivity index (χ0) is 13.0. The van der Waals surface area contributed by atoms with Crippen LogP contribution < -0.4 is 10.2 Å². The number of hydrogen-bond donors (Lipinski definition) is 1. The molecular formula is C13H26N4. The molecule has 1 atom stereocenters. The van der Waals surface area contributed by atoms with Crippen LogP contribution in [0, 0.1) is 12.8 Å². The predicted molar refractivity (Wildman–Crippen MR) is 73.4 cm³/mol. The molecule has 0 aliphatic carbocycles. The van der Waals surface area contributed by atoms with E-state index < -0.39 is 0 Å². The van der Waals surface area contributed by atoms with E-state index in [2.05, 4.69) is 43.1 Å². The van der Waals surface area contributed by atoms with E-state index in [1.807, 2.05) is 18.8 Å². The highest BCUT2D eigenvalue weighted by Crippen LogP contribution is 2.23. The maximum absolute atomic E-state index is 4.52. The van der Waals surface area contributed by atoms with Crippen molar-refractivity contribution in [3.8, 4) is 0 Å². The first kappa shape index (κ1) is 14.0. The summed E-state index contributed by atoms with van der Waals surface area (Å²) >= 11 is 0. The molecule has 1 rings (SSSR count). The summed E-state index contributed by atoms with van der Waals surface area (Å²) in [5.74, 6) is 1.94. The quantitative estimate of drug-likeness (QED) is 0.822. The molecule has 0 aliphatic rings. The van der Waals surface area contributed by atoms with Gasteiger partial charge in [-0.05, 0) is 19.9 Å². The van der Waals surface area contributed by atoms with Gasteiger partial charge in [-0.1, -0.05) is 20.3 Å². The van der Waals surface area contributed by atoms with Crippen molar-refractivity contribution in [1.82, 2.24) is 15.1 Å². The lowest BCUT2D eigenvalue weighted by Crippen LogP contribution is -2.27. The van der Waals surface area contributed by atoms with Crippen molar-refractivity contribution in [2.75, 3.05) is 25.5 Å². The Morgan fingerprint density at radius 3 is 2.65 bits per heavy atom. The Bertz CT molecular complexity index is 357. The van der Waals surface area contributed by atoms with Gasteiger partial charge >= 0.3 is 0 Å². The number of nitrogens with one attached hydrogen (secondary N) is 1. The summed E-state index contributed by atoms with van der Waals surface area (Å²) in [6, 6.07) is 0. The summed E-state index contributed by atoms with van der Waals surface area (Å²) in [4.78, 5) is 2.32. The van der Waals surface area contributed by atoms with Crippen LogP contribution in [0.4, 0.5) is 5.82 Å². The van der Waals surface area contributed by atoms with E-state index in [0.29, 0.717) is 5.92 Å². The summed E-state index contributed by atoms with van der Waals surface area (Å²) in [5, 5.41) is 7.74. The first-order chi connectivity index (χ1) is 8.01. The minimum atomic E-state index is 0.706. The Labute approximate surface area is 105 Å². The van der Waals surface area contributed by atoms with Crippen LogP contribution in [0.25, 0.3) is 0 Å². The molecule has 4 heteroatoms. The number of hydrogen-bond acceptors (Lipinski definition) is 3. The van der Waals surface area contributed by atoms with E-state index in [1.54, 1.807) is 0 Å². The fraction of sp³-hybridized carbons (Fsp3) is 0.769. The molecule has 0 aliphatic heterocycles. The molecule has 0 fully saturated rings. The molecule has 0 amide bonds. The van der Waals surface area contributed by atoms with Gasteiger partial charge in [-0.15, -0.1) is 0 Å². The van der Waals surface area contributed by atoms with E-state index in [-0.39, 0.29) is 0 Å². The largest absolute Gasteiger partial charge is 0.359 e. The second-order valence-corrected chi connectivity index (χ2v) is 4.94. The van der Waals surface area contributed by atoms with Gasteiger partial charge in [0, 0.05) is 32.7 Å². The third-order valence-electron chi connectivity index (χ3n) is 3.31. The highest BCUT2D eigenvalue weighted by molar-refractivity contribution is 5.49. The molecule has 0 saturated carbocycles. The van der Waals surface area contributed by atoms with Gasteiger partial charge in [0.05, 0.1) is 5.69 Å². The fourth-order valence-electron chi connectivity index (χ4n) is 2.23. The second-order valence-electron chi connectivity index (χ2n) is 4.94. The second kappa shape index (κ2) is 6.05. The van der Waals surface area contributed by atoms with Gasteiger partial charge in [0.1, 0.15) is 5.82 Å². The van der Waals surface area contributed by atoms with Gasteiger partial charge in [-0.3, -0.25) is 4.68 Å². The van der Waals surface area contributed by atoms with E-state index in [4.69, 9.17) is 0 Å².